The van der Waals surface area contributed by atoms with Crippen molar-refractivity contribution in [3.8, 4) is 46.0 Å². The lowest BCUT2D eigenvalue weighted by molar-refractivity contribution is -0.141. The highest BCUT2D eigenvalue weighted by Gasteiger charge is 2.34. The van der Waals surface area contributed by atoms with Gasteiger partial charge in [-0.2, -0.15) is 0 Å². The Balaban J connectivity index is 0.000000366. The van der Waals surface area contributed by atoms with Crippen LogP contribution in [0.15, 0.2) is 78.9 Å². The van der Waals surface area contributed by atoms with Crippen LogP contribution in [0.3, 0.4) is 0 Å². The predicted octanol–water partition coefficient (Wildman–Crippen LogP) is 4.19. The maximum atomic E-state index is 11.1. The highest BCUT2D eigenvalue weighted by atomic mass is 16.5. The number of ether oxygens (including phenoxy) is 2. The molecule has 1 aliphatic rings. The van der Waals surface area contributed by atoms with Crippen LogP contribution < -0.4 is 4.74 Å². The van der Waals surface area contributed by atoms with Crippen molar-refractivity contribution < 1.29 is 79.7 Å². The van der Waals surface area contributed by atoms with Crippen LogP contribution in [-0.4, -0.2) is 96.1 Å². The first kappa shape index (κ1) is 45.1. The Morgan fingerprint density at radius 1 is 0.722 bits per heavy atom. The molecule has 4 aromatic rings. The number of phenols is 7. The number of aliphatic hydroxyl groups is 1. The molecular formula is C38H42O16. The number of esters is 1. The molecule has 1 heterocycles. The molecule has 0 amide bonds. The monoisotopic (exact) mass is 754 g/mol. The lowest BCUT2D eigenvalue weighted by atomic mass is 9.95. The Labute approximate surface area is 309 Å². The van der Waals surface area contributed by atoms with Gasteiger partial charge >= 0.3 is 17.9 Å². The molecule has 10 N–H and O–H groups in total. The summed E-state index contributed by atoms with van der Waals surface area (Å²) in [6.45, 7) is -0.0733. The molecule has 290 valence electrons. The van der Waals surface area contributed by atoms with E-state index in [2.05, 4.69) is 4.74 Å². The van der Waals surface area contributed by atoms with E-state index < -0.39 is 17.9 Å². The summed E-state index contributed by atoms with van der Waals surface area (Å²) in [6.07, 6.45) is 4.79. The summed E-state index contributed by atoms with van der Waals surface area (Å²) in [5.74, 6) is -4.22. The molecule has 1 aliphatic heterocycles. The third kappa shape index (κ3) is 15.1. The minimum absolute atomic E-state index is 0.0733. The van der Waals surface area contributed by atoms with Crippen LogP contribution >= 0.6 is 0 Å². The van der Waals surface area contributed by atoms with E-state index in [-0.39, 0.29) is 65.0 Å². The molecule has 16 nitrogen and oxygen atoms in total. The van der Waals surface area contributed by atoms with Gasteiger partial charge in [-0.1, -0.05) is 30.3 Å². The number of methoxy groups -OCH3 is 1. The summed E-state index contributed by atoms with van der Waals surface area (Å²) in [7, 11) is 2.33. The van der Waals surface area contributed by atoms with Gasteiger partial charge in [-0.25, -0.2) is 4.79 Å². The van der Waals surface area contributed by atoms with Gasteiger partial charge in [-0.3, -0.25) is 9.59 Å². The third-order valence-electron chi connectivity index (χ3n) is 7.01. The Morgan fingerprint density at radius 3 is 1.67 bits per heavy atom. The van der Waals surface area contributed by atoms with Gasteiger partial charge in [-0.05, 0) is 78.1 Å². The molecule has 54 heavy (non-hydrogen) atoms. The number of hydrogen-bond acceptors (Lipinski definition) is 14. The van der Waals surface area contributed by atoms with Crippen molar-refractivity contribution >= 4 is 30.3 Å². The van der Waals surface area contributed by atoms with E-state index in [4.69, 9.17) is 50.7 Å². The highest BCUT2D eigenvalue weighted by molar-refractivity contribution is 5.88. The van der Waals surface area contributed by atoms with Crippen molar-refractivity contribution in [2.75, 3.05) is 20.8 Å². The van der Waals surface area contributed by atoms with Crippen LogP contribution in [0.1, 0.15) is 41.0 Å². The number of phenolic OH excluding ortho intramolecular Hbond substituents is 7. The van der Waals surface area contributed by atoms with Gasteiger partial charge in [0.15, 0.2) is 46.0 Å². The van der Waals surface area contributed by atoms with Gasteiger partial charge in [0.1, 0.15) is 18.8 Å². The van der Waals surface area contributed by atoms with Crippen molar-refractivity contribution in [1.82, 2.24) is 0 Å². The number of carbonyl (C=O) groups excluding carboxylic acids is 2. The number of aromatic hydroxyl groups is 7. The second kappa shape index (κ2) is 23.5. The largest absolute Gasteiger partial charge is 0.504 e. The van der Waals surface area contributed by atoms with Crippen LogP contribution in [-0.2, 0) is 36.8 Å². The summed E-state index contributed by atoms with van der Waals surface area (Å²) in [5, 5.41) is 87.7. The van der Waals surface area contributed by atoms with Gasteiger partial charge in [0.25, 0.3) is 0 Å². The summed E-state index contributed by atoms with van der Waals surface area (Å²) in [4.78, 5) is 42.4. The Hall–Kier alpha value is -6.94. The number of para-hydroxylation sites is 2. The number of aliphatic hydroxyl groups excluding tert-OH is 1. The number of fused-ring (bicyclic) bond motifs is 1. The standard InChI is InChI=1S/C12H10O6.C10H12O4.C9H10O3.C6H6O2.CH4O/c13-8-3-1-6(2-4-9(14)15)10-7(12(16)17)5-18-11(8)10;1-14-10(13)5-3-7-2-4-8(11)9(12)6-7;10-5-1-2-7-3-4-8(11)9(12)6-7;7-5-3-1-2-4-6(5)8;1-2/h1-4,7,13H,5H2,(H,14,15)(H,16,17);2,4,6,11-12H,3,5H2,1H3;3-6,11-12H,1-2H2;1-4,7-8H;2H,1H3/b4-2+;;;;. The van der Waals surface area contributed by atoms with Crippen molar-refractivity contribution in [2.45, 2.75) is 31.6 Å². The lowest BCUT2D eigenvalue weighted by Gasteiger charge is -2.07. The number of benzene rings is 4. The Kier molecular flexibility index (Phi) is 19.6. The number of aryl methyl sites for hydroxylation is 2. The molecule has 16 heteroatoms. The third-order valence-corrected chi connectivity index (χ3v) is 7.01. The zero-order chi connectivity index (χ0) is 40.8. The summed E-state index contributed by atoms with van der Waals surface area (Å²) >= 11 is 0. The Morgan fingerprint density at radius 2 is 1.22 bits per heavy atom. The molecule has 5 rings (SSSR count). The topological polar surface area (TPSA) is 289 Å². The first-order valence-corrected chi connectivity index (χ1v) is 15.7. The van der Waals surface area contributed by atoms with Crippen molar-refractivity contribution in [2.24, 2.45) is 0 Å². The number of rotatable bonds is 9. The zero-order valence-corrected chi connectivity index (χ0v) is 29.2. The maximum Gasteiger partial charge on any atom is 0.328 e. The molecule has 4 aromatic carbocycles. The van der Waals surface area contributed by atoms with Gasteiger partial charge in [0, 0.05) is 31.6 Å². The van der Waals surface area contributed by atoms with E-state index in [1.54, 1.807) is 24.3 Å². The van der Waals surface area contributed by atoms with Gasteiger partial charge in [-0.15, -0.1) is 0 Å². The number of carbonyl (C=O) groups is 4. The minimum atomic E-state index is -1.14. The van der Waals surface area contributed by atoms with E-state index in [9.17, 15) is 24.3 Å². The number of hydrogen-bond donors (Lipinski definition) is 10. The van der Waals surface area contributed by atoms with Crippen LogP contribution in [0, 0.1) is 0 Å². The normalized spacial score (nSPS) is 11.9. The van der Waals surface area contributed by atoms with Gasteiger partial charge in [0.05, 0.1) is 7.11 Å². The molecule has 0 spiro atoms. The molecule has 0 saturated carbocycles. The van der Waals surface area contributed by atoms with Crippen LogP contribution in [0.25, 0.3) is 6.08 Å². The molecule has 1 unspecified atom stereocenters. The SMILES string of the molecule is CO.COC(=O)CCc1ccc(O)c(O)c1.O=C(O)/C=C/c1ccc(O)c2c1C(C(=O)O)CO2.O=CCCc1ccc(O)c(O)c1.Oc1ccccc1O. The van der Waals surface area contributed by atoms with Crippen molar-refractivity contribution in [3.63, 3.8) is 0 Å². The fraction of sp³-hybridized carbons (Fsp3) is 0.211. The molecule has 0 saturated heterocycles. The quantitative estimate of drug-likeness (QED) is 0.0496. The maximum absolute atomic E-state index is 11.1. The molecule has 0 bridgehead atoms. The van der Waals surface area contributed by atoms with Crippen molar-refractivity contribution in [1.29, 1.82) is 0 Å². The van der Waals surface area contributed by atoms with E-state index in [1.807, 2.05) is 0 Å². The van der Waals surface area contributed by atoms with Crippen molar-refractivity contribution in [3.05, 3.63) is 101 Å². The second-order valence-electron chi connectivity index (χ2n) is 10.7. The minimum Gasteiger partial charge on any atom is -0.504 e. The smallest absolute Gasteiger partial charge is 0.328 e. The fourth-order valence-electron chi connectivity index (χ4n) is 4.35. The summed E-state index contributed by atoms with van der Waals surface area (Å²) in [5.41, 5.74) is 2.35. The molecule has 0 radical (unpaired) electrons. The molecule has 0 fully saturated rings. The first-order chi connectivity index (χ1) is 25.7. The van der Waals surface area contributed by atoms with E-state index in [0.29, 0.717) is 30.4 Å². The molecule has 0 aliphatic carbocycles. The van der Waals surface area contributed by atoms with Crippen LogP contribution in [0.4, 0.5) is 0 Å². The second-order valence-corrected chi connectivity index (χ2v) is 10.7. The highest BCUT2D eigenvalue weighted by Crippen LogP contribution is 2.43. The molecule has 0 aromatic heterocycles. The zero-order valence-electron chi connectivity index (χ0n) is 29.2. The number of aldehydes is 1. The number of carboxylic acid groups (broad SMARTS) is 2. The van der Waals surface area contributed by atoms with Gasteiger partial charge in [0.2, 0.25) is 0 Å². The average Bonchev–Trinajstić information content (AvgIpc) is 3.62. The van der Waals surface area contributed by atoms with E-state index in [1.165, 1.54) is 61.7 Å². The van der Waals surface area contributed by atoms with E-state index in [0.717, 1.165) is 30.6 Å². The van der Waals surface area contributed by atoms with Gasteiger partial charge < -0.3 is 65.3 Å². The summed E-state index contributed by atoms with van der Waals surface area (Å²) < 4.78 is 9.61. The molecular weight excluding hydrogens is 712 g/mol. The number of aliphatic carboxylic acids is 2. The average molecular weight is 755 g/mol. The van der Waals surface area contributed by atoms with Crippen LogP contribution in [0.5, 0.6) is 46.0 Å². The molecule has 1 atom stereocenters. The Bertz CT molecular complexity index is 1850. The van der Waals surface area contributed by atoms with E-state index >= 15 is 0 Å². The fourth-order valence-corrected chi connectivity index (χ4v) is 4.35. The summed E-state index contributed by atoms with van der Waals surface area (Å²) in [6, 6.07) is 18.0. The first-order valence-electron chi connectivity index (χ1n) is 15.7. The lowest BCUT2D eigenvalue weighted by Crippen LogP contribution is -2.13. The number of carboxylic acids is 2. The predicted molar refractivity (Wildman–Crippen MR) is 193 cm³/mol. The van der Waals surface area contributed by atoms with Crippen LogP contribution in [0.2, 0.25) is 0 Å².